The van der Waals surface area contributed by atoms with Crippen molar-refractivity contribution in [3.63, 3.8) is 0 Å². The van der Waals surface area contributed by atoms with E-state index < -0.39 is 0 Å². The van der Waals surface area contributed by atoms with E-state index in [4.69, 9.17) is 0 Å². The summed E-state index contributed by atoms with van der Waals surface area (Å²) in [6.07, 6.45) is 3.50. The zero-order chi connectivity index (χ0) is 7.84. The average Bonchev–Trinajstić information content (AvgIpc) is 2.33. The first-order chi connectivity index (χ1) is 5.27. The molecule has 2 aliphatic carbocycles. The Morgan fingerprint density at radius 2 is 1.64 bits per heavy atom. The van der Waals surface area contributed by atoms with Crippen LogP contribution in [-0.2, 0) is 9.59 Å². The van der Waals surface area contributed by atoms with Crippen molar-refractivity contribution in [1.29, 1.82) is 0 Å². The highest BCUT2D eigenvalue weighted by Gasteiger charge is 2.27. The highest BCUT2D eigenvalue weighted by molar-refractivity contribution is 6.04. The summed E-state index contributed by atoms with van der Waals surface area (Å²) < 4.78 is 0. The summed E-state index contributed by atoms with van der Waals surface area (Å²) >= 11 is 0. The highest BCUT2D eigenvalue weighted by atomic mass is 16.1. The fourth-order valence-electron chi connectivity index (χ4n) is 1.84. The van der Waals surface area contributed by atoms with Crippen LogP contribution < -0.4 is 0 Å². The van der Waals surface area contributed by atoms with E-state index in [1.807, 2.05) is 0 Å². The molecule has 0 aromatic carbocycles. The molecule has 2 nitrogen and oxygen atoms in total. The Labute approximate surface area is 65.3 Å². The van der Waals surface area contributed by atoms with Crippen molar-refractivity contribution in [1.82, 2.24) is 0 Å². The molecule has 2 heteroatoms. The van der Waals surface area contributed by atoms with Gasteiger partial charge in [-0.3, -0.25) is 9.59 Å². The fraction of sp³-hybridized carbons (Fsp3) is 0.556. The van der Waals surface area contributed by atoms with Crippen LogP contribution in [-0.4, -0.2) is 11.6 Å². The van der Waals surface area contributed by atoms with E-state index in [0.717, 1.165) is 18.4 Å². The van der Waals surface area contributed by atoms with Gasteiger partial charge in [0, 0.05) is 24.8 Å². The monoisotopic (exact) mass is 150 g/mol. The number of rotatable bonds is 0. The Balaban J connectivity index is 2.31. The van der Waals surface area contributed by atoms with E-state index in [-0.39, 0.29) is 11.6 Å². The first-order valence-electron chi connectivity index (χ1n) is 4.03. The summed E-state index contributed by atoms with van der Waals surface area (Å²) in [5.74, 6) is 0.451. The van der Waals surface area contributed by atoms with Crippen molar-refractivity contribution in [2.24, 2.45) is 0 Å². The number of carbonyl (C=O) groups is 2. The van der Waals surface area contributed by atoms with Gasteiger partial charge in [0.25, 0.3) is 0 Å². The number of hydrogen-bond acceptors (Lipinski definition) is 2. The quantitative estimate of drug-likeness (QED) is 0.523. The van der Waals surface area contributed by atoms with Crippen LogP contribution in [0.2, 0.25) is 0 Å². The molecule has 0 atom stereocenters. The molecule has 0 aliphatic heterocycles. The van der Waals surface area contributed by atoms with Gasteiger partial charge in [0.15, 0.2) is 5.78 Å². The van der Waals surface area contributed by atoms with Gasteiger partial charge in [-0.15, -0.1) is 0 Å². The first-order valence-corrected chi connectivity index (χ1v) is 4.03. The molecule has 0 N–H and O–H groups in total. The van der Waals surface area contributed by atoms with Crippen LogP contribution >= 0.6 is 0 Å². The molecule has 58 valence electrons. The lowest BCUT2D eigenvalue weighted by atomic mass is 9.93. The van der Waals surface area contributed by atoms with Crippen LogP contribution in [0.4, 0.5) is 0 Å². The van der Waals surface area contributed by atoms with E-state index in [0.29, 0.717) is 19.3 Å². The second kappa shape index (κ2) is 2.29. The smallest absolute Gasteiger partial charge is 0.159 e. The standard InChI is InChI=1S/C9H10O2/c10-7-3-1-6-2-4-9(11)8(6)5-7/h1-5H2. The molecule has 11 heavy (non-hydrogen) atoms. The predicted octanol–water partition coefficient (Wildman–Crippen LogP) is 1.40. The van der Waals surface area contributed by atoms with Crippen molar-refractivity contribution in [3.8, 4) is 0 Å². The molecule has 0 saturated carbocycles. The minimum absolute atomic E-state index is 0.216. The van der Waals surface area contributed by atoms with Gasteiger partial charge in [-0.1, -0.05) is 5.57 Å². The van der Waals surface area contributed by atoms with Gasteiger partial charge in [0.2, 0.25) is 0 Å². The molecule has 0 saturated heterocycles. The van der Waals surface area contributed by atoms with Crippen LogP contribution in [0.25, 0.3) is 0 Å². The molecule has 0 fully saturated rings. The number of carbonyl (C=O) groups excluding carboxylic acids is 2. The number of Topliss-reactive ketones (excluding diaryl/α,β-unsaturated/α-hetero) is 2. The maximum absolute atomic E-state index is 11.1. The molecule has 0 bridgehead atoms. The molecule has 0 spiro atoms. The van der Waals surface area contributed by atoms with Crippen molar-refractivity contribution in [3.05, 3.63) is 11.1 Å². The van der Waals surface area contributed by atoms with Crippen LogP contribution in [0.5, 0.6) is 0 Å². The highest BCUT2D eigenvalue weighted by Crippen LogP contribution is 2.32. The van der Waals surface area contributed by atoms with Crippen molar-refractivity contribution in [2.45, 2.75) is 32.1 Å². The summed E-state index contributed by atoms with van der Waals surface area (Å²) in [4.78, 5) is 22.1. The van der Waals surface area contributed by atoms with Crippen LogP contribution in [0.15, 0.2) is 11.1 Å². The zero-order valence-electron chi connectivity index (χ0n) is 6.35. The SMILES string of the molecule is O=C1CCC2=C(C1)C(=O)CC2. The molecule has 0 unspecified atom stereocenters. The molecule has 0 amide bonds. The van der Waals surface area contributed by atoms with Crippen LogP contribution in [0.3, 0.4) is 0 Å². The molecule has 2 aliphatic rings. The Hall–Kier alpha value is -0.920. The molecule has 2 rings (SSSR count). The van der Waals surface area contributed by atoms with E-state index >= 15 is 0 Å². The van der Waals surface area contributed by atoms with Crippen molar-refractivity contribution >= 4 is 11.6 Å². The Morgan fingerprint density at radius 3 is 2.45 bits per heavy atom. The third-order valence-electron chi connectivity index (χ3n) is 2.50. The average molecular weight is 150 g/mol. The number of allylic oxidation sites excluding steroid dienone is 2. The second-order valence-electron chi connectivity index (χ2n) is 3.22. The third-order valence-corrected chi connectivity index (χ3v) is 2.50. The number of ketones is 2. The Morgan fingerprint density at radius 1 is 0.909 bits per heavy atom. The van der Waals surface area contributed by atoms with Gasteiger partial charge in [-0.2, -0.15) is 0 Å². The van der Waals surface area contributed by atoms with E-state index in [9.17, 15) is 9.59 Å². The van der Waals surface area contributed by atoms with Crippen molar-refractivity contribution in [2.75, 3.05) is 0 Å². The molecular weight excluding hydrogens is 140 g/mol. The summed E-state index contributed by atoms with van der Waals surface area (Å²) in [5, 5.41) is 0. The molecule has 0 aromatic heterocycles. The van der Waals surface area contributed by atoms with Crippen LogP contribution in [0.1, 0.15) is 32.1 Å². The van der Waals surface area contributed by atoms with Gasteiger partial charge in [-0.25, -0.2) is 0 Å². The first kappa shape index (κ1) is 6.77. The predicted molar refractivity (Wildman–Crippen MR) is 40.1 cm³/mol. The van der Waals surface area contributed by atoms with Gasteiger partial charge < -0.3 is 0 Å². The summed E-state index contributed by atoms with van der Waals surface area (Å²) in [7, 11) is 0. The fourth-order valence-corrected chi connectivity index (χ4v) is 1.84. The Kier molecular flexibility index (Phi) is 1.41. The van der Waals surface area contributed by atoms with Gasteiger partial charge in [0.1, 0.15) is 5.78 Å². The largest absolute Gasteiger partial charge is 0.299 e. The van der Waals surface area contributed by atoms with E-state index in [1.54, 1.807) is 0 Å². The molecule has 0 aromatic rings. The molecular formula is C9H10O2. The topological polar surface area (TPSA) is 34.1 Å². The van der Waals surface area contributed by atoms with Gasteiger partial charge in [0.05, 0.1) is 0 Å². The summed E-state index contributed by atoms with van der Waals surface area (Å²) in [6, 6.07) is 0. The van der Waals surface area contributed by atoms with E-state index in [2.05, 4.69) is 0 Å². The minimum atomic E-state index is 0.216. The molecule has 0 radical (unpaired) electrons. The maximum atomic E-state index is 11.1. The Bertz CT molecular complexity index is 261. The second-order valence-corrected chi connectivity index (χ2v) is 3.22. The lowest BCUT2D eigenvalue weighted by Gasteiger charge is -2.10. The van der Waals surface area contributed by atoms with Crippen LogP contribution in [0, 0.1) is 0 Å². The lowest BCUT2D eigenvalue weighted by Crippen LogP contribution is -2.09. The third kappa shape index (κ3) is 1.02. The van der Waals surface area contributed by atoms with Gasteiger partial charge >= 0.3 is 0 Å². The van der Waals surface area contributed by atoms with Crippen molar-refractivity contribution < 1.29 is 9.59 Å². The zero-order valence-corrected chi connectivity index (χ0v) is 6.35. The summed E-state index contributed by atoms with van der Waals surface area (Å²) in [6.45, 7) is 0. The van der Waals surface area contributed by atoms with Gasteiger partial charge in [-0.05, 0) is 12.8 Å². The minimum Gasteiger partial charge on any atom is -0.299 e. The maximum Gasteiger partial charge on any atom is 0.159 e. The number of hydrogen-bond donors (Lipinski definition) is 0. The summed E-state index contributed by atoms with van der Waals surface area (Å²) in [5.41, 5.74) is 2.11. The normalized spacial score (nSPS) is 24.4. The molecule has 0 heterocycles. The van der Waals surface area contributed by atoms with E-state index in [1.165, 1.54) is 5.57 Å². The lowest BCUT2D eigenvalue weighted by molar-refractivity contribution is -0.121.